The molecule has 0 spiro atoms. The minimum Gasteiger partial charge on any atom is -0.349 e. The van der Waals surface area contributed by atoms with E-state index in [1.807, 2.05) is 17.0 Å². The Labute approximate surface area is 161 Å². The Bertz CT molecular complexity index is 961. The molecular formula is C19H15ClN6O. The highest BCUT2D eigenvalue weighted by atomic mass is 35.5. The Morgan fingerprint density at radius 1 is 1.26 bits per heavy atom. The summed E-state index contributed by atoms with van der Waals surface area (Å²) in [5.41, 5.74) is 1.01. The average molecular weight is 379 g/mol. The molecule has 8 heteroatoms. The van der Waals surface area contributed by atoms with Gasteiger partial charge in [-0.3, -0.25) is 4.79 Å². The molecule has 2 heterocycles. The number of piperazine rings is 1. The van der Waals surface area contributed by atoms with E-state index in [1.54, 1.807) is 24.3 Å². The minimum atomic E-state index is -0.649. The molecule has 0 saturated carbocycles. The first kappa shape index (κ1) is 18.4. The van der Waals surface area contributed by atoms with Gasteiger partial charge in [-0.1, -0.05) is 23.7 Å². The van der Waals surface area contributed by atoms with Crippen LogP contribution >= 0.6 is 11.6 Å². The molecule has 1 aromatic carbocycles. The molecular weight excluding hydrogens is 364 g/mol. The summed E-state index contributed by atoms with van der Waals surface area (Å²) in [6.07, 6.45) is 6.06. The second kappa shape index (κ2) is 8.31. The first-order valence-electron chi connectivity index (χ1n) is 8.22. The zero-order chi connectivity index (χ0) is 19.2. The third-order valence-electron chi connectivity index (χ3n) is 4.16. The molecule has 2 aromatic rings. The summed E-state index contributed by atoms with van der Waals surface area (Å²) in [6, 6.07) is 10.7. The van der Waals surface area contributed by atoms with Gasteiger partial charge in [0.25, 0.3) is 0 Å². The maximum Gasteiger partial charge on any atom is 0.247 e. The van der Waals surface area contributed by atoms with Crippen molar-refractivity contribution in [3.63, 3.8) is 0 Å². The predicted molar refractivity (Wildman–Crippen MR) is 101 cm³/mol. The van der Waals surface area contributed by atoms with Gasteiger partial charge in [-0.05, 0) is 23.8 Å². The smallest absolute Gasteiger partial charge is 0.247 e. The lowest BCUT2D eigenvalue weighted by atomic mass is 10.1. The lowest BCUT2D eigenvalue weighted by Gasteiger charge is -2.38. The summed E-state index contributed by atoms with van der Waals surface area (Å²) < 4.78 is 0. The number of anilines is 1. The van der Waals surface area contributed by atoms with Crippen LogP contribution in [0.25, 0.3) is 6.08 Å². The maximum atomic E-state index is 12.5. The average Bonchev–Trinajstić information content (AvgIpc) is 2.71. The molecule has 1 saturated heterocycles. The van der Waals surface area contributed by atoms with Crippen LogP contribution in [0.15, 0.2) is 42.7 Å². The Balaban J connectivity index is 1.73. The van der Waals surface area contributed by atoms with E-state index in [-0.39, 0.29) is 18.1 Å². The molecule has 1 amide bonds. The van der Waals surface area contributed by atoms with Crippen molar-refractivity contribution in [2.45, 2.75) is 6.04 Å². The van der Waals surface area contributed by atoms with E-state index in [0.717, 1.165) is 5.56 Å². The third kappa shape index (κ3) is 4.22. The molecule has 1 aliphatic heterocycles. The third-order valence-corrected chi connectivity index (χ3v) is 4.40. The fourth-order valence-corrected chi connectivity index (χ4v) is 3.06. The first-order chi connectivity index (χ1) is 13.1. The number of rotatable bonds is 3. The number of carbonyl (C=O) groups excluding carboxylic acids is 1. The van der Waals surface area contributed by atoms with Crippen molar-refractivity contribution in [2.75, 3.05) is 24.5 Å². The summed E-state index contributed by atoms with van der Waals surface area (Å²) >= 11 is 5.94. The highest BCUT2D eigenvalue weighted by Crippen LogP contribution is 2.20. The molecule has 1 aliphatic rings. The molecule has 0 radical (unpaired) electrons. The van der Waals surface area contributed by atoms with E-state index in [4.69, 9.17) is 11.6 Å². The first-order valence-corrected chi connectivity index (χ1v) is 8.60. The van der Waals surface area contributed by atoms with E-state index < -0.39 is 6.04 Å². The van der Waals surface area contributed by atoms with Crippen LogP contribution in [0.4, 0.5) is 5.82 Å². The Morgan fingerprint density at radius 2 is 2.07 bits per heavy atom. The molecule has 1 fully saturated rings. The SMILES string of the molecule is N#Cc1nccnc1N1CCN(C(=O)/C=C/c2cccc(Cl)c2)C(C#N)C1. The largest absolute Gasteiger partial charge is 0.349 e. The lowest BCUT2D eigenvalue weighted by molar-refractivity contribution is -0.127. The summed E-state index contributed by atoms with van der Waals surface area (Å²) in [6.45, 7) is 1.07. The van der Waals surface area contributed by atoms with Gasteiger partial charge in [-0.2, -0.15) is 10.5 Å². The number of aromatic nitrogens is 2. The Kier molecular flexibility index (Phi) is 5.65. The van der Waals surface area contributed by atoms with Crippen LogP contribution in [0.5, 0.6) is 0 Å². The Morgan fingerprint density at radius 3 is 2.81 bits per heavy atom. The van der Waals surface area contributed by atoms with Crippen LogP contribution in [-0.4, -0.2) is 46.5 Å². The van der Waals surface area contributed by atoms with Crippen molar-refractivity contribution in [1.29, 1.82) is 10.5 Å². The number of hydrogen-bond acceptors (Lipinski definition) is 6. The lowest BCUT2D eigenvalue weighted by Crippen LogP contribution is -2.54. The Hall–Kier alpha value is -3.42. The molecule has 1 unspecified atom stereocenters. The van der Waals surface area contributed by atoms with Crippen molar-refractivity contribution in [2.24, 2.45) is 0 Å². The van der Waals surface area contributed by atoms with Crippen LogP contribution < -0.4 is 4.90 Å². The van der Waals surface area contributed by atoms with Gasteiger partial charge >= 0.3 is 0 Å². The van der Waals surface area contributed by atoms with Gasteiger partial charge in [0.15, 0.2) is 11.5 Å². The molecule has 3 rings (SSSR count). The summed E-state index contributed by atoms with van der Waals surface area (Å²) in [5, 5.41) is 19.3. The van der Waals surface area contributed by atoms with Crippen molar-refractivity contribution < 1.29 is 4.79 Å². The van der Waals surface area contributed by atoms with Gasteiger partial charge in [0.2, 0.25) is 5.91 Å². The highest BCUT2D eigenvalue weighted by Gasteiger charge is 2.31. The number of benzene rings is 1. The van der Waals surface area contributed by atoms with Crippen LogP contribution in [0.3, 0.4) is 0 Å². The van der Waals surface area contributed by atoms with Crippen molar-refractivity contribution >= 4 is 29.4 Å². The second-order valence-electron chi connectivity index (χ2n) is 5.85. The van der Waals surface area contributed by atoms with Crippen molar-refractivity contribution in [3.8, 4) is 12.1 Å². The van der Waals surface area contributed by atoms with Crippen LogP contribution in [0.1, 0.15) is 11.3 Å². The van der Waals surface area contributed by atoms with Gasteiger partial charge in [-0.15, -0.1) is 0 Å². The fourth-order valence-electron chi connectivity index (χ4n) is 2.86. The van der Waals surface area contributed by atoms with Crippen LogP contribution in [0, 0.1) is 22.7 Å². The number of halogens is 1. The second-order valence-corrected chi connectivity index (χ2v) is 6.29. The number of amides is 1. The number of carbonyl (C=O) groups is 1. The number of hydrogen-bond donors (Lipinski definition) is 0. The molecule has 1 aromatic heterocycles. The van der Waals surface area contributed by atoms with E-state index in [1.165, 1.54) is 23.4 Å². The molecule has 0 aliphatic carbocycles. The van der Waals surface area contributed by atoms with Gasteiger partial charge in [0.05, 0.1) is 12.6 Å². The summed E-state index contributed by atoms with van der Waals surface area (Å²) in [7, 11) is 0. The van der Waals surface area contributed by atoms with Gasteiger partial charge in [0, 0.05) is 36.6 Å². The van der Waals surface area contributed by atoms with E-state index in [0.29, 0.717) is 23.9 Å². The molecule has 7 nitrogen and oxygen atoms in total. The summed E-state index contributed by atoms with van der Waals surface area (Å²) in [4.78, 5) is 24.1. The van der Waals surface area contributed by atoms with Gasteiger partial charge < -0.3 is 9.80 Å². The maximum absolute atomic E-state index is 12.5. The zero-order valence-corrected chi connectivity index (χ0v) is 15.0. The standard InChI is InChI=1S/C19H15ClN6O/c20-15-3-1-2-14(10-15)4-5-18(27)26-9-8-25(13-16(26)11-21)19-17(12-22)23-6-7-24-19/h1-7,10,16H,8-9,13H2/b5-4+. The fraction of sp³-hybridized carbons (Fsp3) is 0.211. The molecule has 134 valence electrons. The van der Waals surface area contributed by atoms with Gasteiger partial charge in [0.1, 0.15) is 12.1 Å². The number of nitriles is 2. The highest BCUT2D eigenvalue weighted by molar-refractivity contribution is 6.30. The monoisotopic (exact) mass is 378 g/mol. The zero-order valence-electron chi connectivity index (χ0n) is 14.3. The predicted octanol–water partition coefficient (Wildman–Crippen LogP) is 2.26. The van der Waals surface area contributed by atoms with E-state index in [9.17, 15) is 15.3 Å². The van der Waals surface area contributed by atoms with Crippen LogP contribution in [-0.2, 0) is 4.79 Å². The number of nitrogens with zero attached hydrogens (tertiary/aromatic N) is 6. The summed E-state index contributed by atoms with van der Waals surface area (Å²) in [5.74, 6) is 0.183. The molecule has 27 heavy (non-hydrogen) atoms. The van der Waals surface area contributed by atoms with E-state index in [2.05, 4.69) is 16.0 Å². The normalized spacial score (nSPS) is 16.8. The van der Waals surface area contributed by atoms with Gasteiger partial charge in [-0.25, -0.2) is 9.97 Å². The van der Waals surface area contributed by atoms with Crippen LogP contribution in [0.2, 0.25) is 5.02 Å². The topological polar surface area (TPSA) is 96.9 Å². The van der Waals surface area contributed by atoms with E-state index >= 15 is 0 Å². The quantitative estimate of drug-likeness (QED) is 0.760. The molecule has 1 atom stereocenters. The van der Waals surface area contributed by atoms with Crippen molar-refractivity contribution in [3.05, 3.63) is 59.0 Å². The molecule has 0 bridgehead atoms. The molecule has 0 N–H and O–H groups in total. The minimum absolute atomic E-state index is 0.204. The van der Waals surface area contributed by atoms with Crippen molar-refractivity contribution in [1.82, 2.24) is 14.9 Å².